The summed E-state index contributed by atoms with van der Waals surface area (Å²) < 4.78 is 10.9. The van der Waals surface area contributed by atoms with Crippen LogP contribution in [0.1, 0.15) is 31.7 Å². The second-order valence-corrected chi connectivity index (χ2v) is 7.37. The zero-order chi connectivity index (χ0) is 19.9. The number of carbonyl (C=O) groups excluding carboxylic acids is 1. The van der Waals surface area contributed by atoms with Crippen molar-refractivity contribution < 1.29 is 14.3 Å². The van der Waals surface area contributed by atoms with Crippen LogP contribution >= 0.6 is 24.0 Å². The number of rotatable bonds is 6. The molecule has 5 nitrogen and oxygen atoms in total. The van der Waals surface area contributed by atoms with Gasteiger partial charge in [-0.15, -0.1) is 12.4 Å². The van der Waals surface area contributed by atoms with Crippen molar-refractivity contribution in [2.24, 2.45) is 4.99 Å². The molecule has 0 N–H and O–H groups in total. The smallest absolute Gasteiger partial charge is 0.325 e. The molecule has 156 valence electrons. The van der Waals surface area contributed by atoms with Crippen LogP contribution in [-0.4, -0.2) is 43.3 Å². The van der Waals surface area contributed by atoms with Gasteiger partial charge in [0.05, 0.1) is 19.3 Å². The molecule has 1 atom stereocenters. The molecule has 2 aromatic carbocycles. The molecular formula is C22H26Cl2N2O3. The average molecular weight is 437 g/mol. The molecule has 0 aromatic heterocycles. The zero-order valence-corrected chi connectivity index (χ0v) is 18.2. The maximum atomic E-state index is 12.4. The van der Waals surface area contributed by atoms with Gasteiger partial charge < -0.3 is 9.47 Å². The van der Waals surface area contributed by atoms with Gasteiger partial charge in [0.15, 0.2) is 11.5 Å². The number of aliphatic imine (C=N–C) groups is 1. The lowest BCUT2D eigenvalue weighted by Crippen LogP contribution is -2.41. The van der Waals surface area contributed by atoms with Gasteiger partial charge in [-0.2, -0.15) is 0 Å². The van der Waals surface area contributed by atoms with Crippen molar-refractivity contribution in [1.82, 2.24) is 4.90 Å². The van der Waals surface area contributed by atoms with Crippen molar-refractivity contribution >= 4 is 41.9 Å². The summed E-state index contributed by atoms with van der Waals surface area (Å²) in [5.74, 6) is 0.649. The molecule has 0 amide bonds. The number of piperidine rings is 1. The minimum absolute atomic E-state index is 0. The second kappa shape index (κ2) is 11.2. The number of hydrogen-bond acceptors (Lipinski definition) is 5. The molecule has 2 aromatic rings. The molecule has 1 unspecified atom stereocenters. The van der Waals surface area contributed by atoms with E-state index in [-0.39, 0.29) is 18.4 Å². The summed E-state index contributed by atoms with van der Waals surface area (Å²) >= 11 is 5.88. The van der Waals surface area contributed by atoms with Crippen LogP contribution in [0.25, 0.3) is 0 Å². The number of ether oxygens (including phenoxy) is 2. The molecule has 0 bridgehead atoms. The van der Waals surface area contributed by atoms with Crippen LogP contribution in [0.15, 0.2) is 47.5 Å². The van der Waals surface area contributed by atoms with E-state index in [1.165, 1.54) is 6.42 Å². The highest BCUT2D eigenvalue weighted by Crippen LogP contribution is 2.28. The van der Waals surface area contributed by atoms with Gasteiger partial charge >= 0.3 is 5.97 Å². The van der Waals surface area contributed by atoms with Crippen molar-refractivity contribution in [1.29, 1.82) is 0 Å². The Morgan fingerprint density at radius 2 is 1.97 bits per heavy atom. The lowest BCUT2D eigenvalue weighted by molar-refractivity contribution is -0.136. The molecule has 1 aliphatic heterocycles. The van der Waals surface area contributed by atoms with Crippen molar-refractivity contribution in [3.63, 3.8) is 0 Å². The Kier molecular flexibility index (Phi) is 8.96. The lowest BCUT2D eigenvalue weighted by atomic mass is 10.0. The summed E-state index contributed by atoms with van der Waals surface area (Å²) in [5.41, 5.74) is 1.64. The van der Waals surface area contributed by atoms with Crippen LogP contribution < -0.4 is 9.47 Å². The van der Waals surface area contributed by atoms with E-state index in [4.69, 9.17) is 21.1 Å². The molecule has 1 aliphatic rings. The van der Waals surface area contributed by atoms with Crippen LogP contribution in [0.5, 0.6) is 11.5 Å². The fraction of sp³-hybridized carbons (Fsp3) is 0.364. The van der Waals surface area contributed by atoms with Crippen molar-refractivity contribution in [2.45, 2.75) is 32.2 Å². The Hall–Kier alpha value is -2.08. The molecule has 0 spiro atoms. The third-order valence-corrected chi connectivity index (χ3v) is 5.13. The van der Waals surface area contributed by atoms with Crippen LogP contribution in [0.2, 0.25) is 5.02 Å². The van der Waals surface area contributed by atoms with Crippen LogP contribution in [-0.2, 0) is 4.79 Å². The predicted molar refractivity (Wildman–Crippen MR) is 119 cm³/mol. The minimum Gasteiger partial charge on any atom is -0.493 e. The van der Waals surface area contributed by atoms with Crippen LogP contribution in [0.4, 0.5) is 5.69 Å². The highest BCUT2D eigenvalue weighted by Gasteiger charge is 2.22. The fourth-order valence-electron chi connectivity index (χ4n) is 3.24. The molecule has 1 heterocycles. The molecule has 0 radical (unpaired) electrons. The summed E-state index contributed by atoms with van der Waals surface area (Å²) in [7, 11) is 1.56. The van der Waals surface area contributed by atoms with Gasteiger partial charge in [0, 0.05) is 17.3 Å². The summed E-state index contributed by atoms with van der Waals surface area (Å²) in [5, 5.41) is 0.672. The molecular weight excluding hydrogens is 411 g/mol. The second-order valence-electron chi connectivity index (χ2n) is 6.93. The lowest BCUT2D eigenvalue weighted by Gasteiger charge is -2.32. The Bertz CT molecular complexity index is 840. The average Bonchev–Trinajstić information content (AvgIpc) is 2.70. The van der Waals surface area contributed by atoms with Gasteiger partial charge in [-0.1, -0.05) is 18.0 Å². The van der Waals surface area contributed by atoms with Gasteiger partial charge in [0.25, 0.3) is 0 Å². The monoisotopic (exact) mass is 436 g/mol. The van der Waals surface area contributed by atoms with Gasteiger partial charge in [-0.3, -0.25) is 14.7 Å². The van der Waals surface area contributed by atoms with E-state index in [1.807, 2.05) is 18.2 Å². The van der Waals surface area contributed by atoms with Crippen molar-refractivity contribution in [3.8, 4) is 11.5 Å². The molecule has 0 saturated carbocycles. The molecule has 1 fully saturated rings. The summed E-state index contributed by atoms with van der Waals surface area (Å²) in [4.78, 5) is 18.9. The number of nitrogens with zero attached hydrogens (tertiary/aromatic N) is 2. The van der Waals surface area contributed by atoms with Gasteiger partial charge in [0.2, 0.25) is 0 Å². The zero-order valence-electron chi connectivity index (χ0n) is 16.6. The number of methoxy groups -OCH3 is 1. The minimum atomic E-state index is -0.269. The third kappa shape index (κ3) is 6.74. The first-order chi connectivity index (χ1) is 13.5. The first-order valence-corrected chi connectivity index (χ1v) is 9.85. The van der Waals surface area contributed by atoms with E-state index in [2.05, 4.69) is 16.8 Å². The molecule has 29 heavy (non-hydrogen) atoms. The van der Waals surface area contributed by atoms with E-state index in [0.717, 1.165) is 30.6 Å². The third-order valence-electron chi connectivity index (χ3n) is 4.87. The SMILES string of the molecule is COc1cc(C=Nc2ccc(Cl)cc2)ccc1OC(=O)CN1CCCCC1C.Cl. The number of carbonyl (C=O) groups is 1. The number of halogens is 2. The Labute approximate surface area is 183 Å². The molecule has 7 heteroatoms. The highest BCUT2D eigenvalue weighted by atomic mass is 35.5. The van der Waals surface area contributed by atoms with Gasteiger partial charge in [-0.05, 0) is 74.3 Å². The number of benzene rings is 2. The van der Waals surface area contributed by atoms with E-state index >= 15 is 0 Å². The standard InChI is InChI=1S/C22H25ClN2O3.ClH/c1-16-5-3-4-12-25(16)15-22(26)28-20-11-6-17(13-21(20)27-2)14-24-19-9-7-18(23)8-10-19;/h6-11,13-14,16H,3-5,12,15H2,1-2H3;1H. The number of esters is 1. The molecule has 1 saturated heterocycles. The van der Waals surface area contributed by atoms with E-state index in [1.54, 1.807) is 37.6 Å². The van der Waals surface area contributed by atoms with E-state index in [9.17, 15) is 4.79 Å². The summed E-state index contributed by atoms with van der Waals surface area (Å²) in [6, 6.07) is 13.1. The number of hydrogen-bond donors (Lipinski definition) is 0. The van der Waals surface area contributed by atoms with Crippen molar-refractivity contribution in [2.75, 3.05) is 20.2 Å². The van der Waals surface area contributed by atoms with Crippen LogP contribution in [0.3, 0.4) is 0 Å². The normalized spacial score (nSPS) is 17.0. The van der Waals surface area contributed by atoms with Gasteiger partial charge in [-0.25, -0.2) is 0 Å². The Morgan fingerprint density at radius 3 is 2.66 bits per heavy atom. The Morgan fingerprint density at radius 1 is 1.21 bits per heavy atom. The predicted octanol–water partition coefficient (Wildman–Crippen LogP) is 5.30. The van der Waals surface area contributed by atoms with Gasteiger partial charge in [0.1, 0.15) is 0 Å². The van der Waals surface area contributed by atoms with E-state index < -0.39 is 0 Å². The summed E-state index contributed by atoms with van der Waals surface area (Å²) in [6.07, 6.45) is 5.20. The first kappa shape index (κ1) is 23.2. The summed E-state index contributed by atoms with van der Waals surface area (Å²) in [6.45, 7) is 3.39. The fourth-order valence-corrected chi connectivity index (χ4v) is 3.36. The molecule has 0 aliphatic carbocycles. The maximum Gasteiger partial charge on any atom is 0.325 e. The molecule has 3 rings (SSSR count). The quantitative estimate of drug-likeness (QED) is 0.350. The van der Waals surface area contributed by atoms with Crippen LogP contribution in [0, 0.1) is 0 Å². The topological polar surface area (TPSA) is 51.1 Å². The highest BCUT2D eigenvalue weighted by molar-refractivity contribution is 6.30. The largest absolute Gasteiger partial charge is 0.493 e. The van der Waals surface area contributed by atoms with E-state index in [0.29, 0.717) is 29.1 Å². The first-order valence-electron chi connectivity index (χ1n) is 9.47. The Balaban J connectivity index is 0.00000300. The number of likely N-dealkylation sites (tertiary alicyclic amines) is 1. The van der Waals surface area contributed by atoms with Crippen molar-refractivity contribution in [3.05, 3.63) is 53.1 Å². The maximum absolute atomic E-state index is 12.4.